The van der Waals surface area contributed by atoms with Crippen LogP contribution in [0, 0.1) is 6.92 Å². The second-order valence-electron chi connectivity index (χ2n) is 4.43. The molecule has 1 saturated heterocycles. The van der Waals surface area contributed by atoms with E-state index in [0.29, 0.717) is 6.04 Å². The van der Waals surface area contributed by atoms with Gasteiger partial charge >= 0.3 is 0 Å². The Morgan fingerprint density at radius 3 is 2.94 bits per heavy atom. The van der Waals surface area contributed by atoms with Gasteiger partial charge in [-0.25, -0.2) is 0 Å². The van der Waals surface area contributed by atoms with Crippen LogP contribution in [-0.2, 0) is 0 Å². The van der Waals surface area contributed by atoms with E-state index in [9.17, 15) is 4.79 Å². The molecule has 3 nitrogen and oxygen atoms in total. The van der Waals surface area contributed by atoms with Crippen molar-refractivity contribution in [1.82, 2.24) is 10.2 Å². The van der Waals surface area contributed by atoms with Gasteiger partial charge in [-0.3, -0.25) is 4.79 Å². The van der Waals surface area contributed by atoms with Gasteiger partial charge in [0.05, 0.1) is 0 Å². The molecule has 0 aliphatic carbocycles. The van der Waals surface area contributed by atoms with Crippen LogP contribution in [0.1, 0.15) is 22.3 Å². The first-order chi connectivity index (χ1) is 7.68. The smallest absolute Gasteiger partial charge is 0.253 e. The van der Waals surface area contributed by atoms with Crippen molar-refractivity contribution in [3.63, 3.8) is 0 Å². The van der Waals surface area contributed by atoms with E-state index in [0.717, 1.165) is 30.6 Å². The van der Waals surface area contributed by atoms with Crippen molar-refractivity contribution in [2.75, 3.05) is 20.1 Å². The molecule has 0 spiro atoms. The fraction of sp³-hybridized carbons (Fsp3) is 0.462. The molecule has 1 aliphatic heterocycles. The highest BCUT2D eigenvalue weighted by atomic mass is 16.2. The Morgan fingerprint density at radius 1 is 1.50 bits per heavy atom. The highest BCUT2D eigenvalue weighted by molar-refractivity contribution is 5.94. The molecule has 1 unspecified atom stereocenters. The first-order valence-corrected chi connectivity index (χ1v) is 5.73. The number of hydrogen-bond donors (Lipinski definition) is 1. The Balaban J connectivity index is 2.12. The summed E-state index contributed by atoms with van der Waals surface area (Å²) in [4.78, 5) is 14.0. The summed E-state index contributed by atoms with van der Waals surface area (Å²) in [5, 5.41) is 3.28. The van der Waals surface area contributed by atoms with E-state index in [4.69, 9.17) is 0 Å². The lowest BCUT2D eigenvalue weighted by Gasteiger charge is -2.23. The van der Waals surface area contributed by atoms with E-state index < -0.39 is 0 Å². The Bertz CT molecular complexity index is 383. The summed E-state index contributed by atoms with van der Waals surface area (Å²) >= 11 is 0. The number of carbonyl (C=O) groups is 1. The van der Waals surface area contributed by atoms with Gasteiger partial charge in [-0.2, -0.15) is 0 Å². The molecule has 1 amide bonds. The average molecular weight is 218 g/mol. The average Bonchev–Trinajstić information content (AvgIpc) is 2.80. The summed E-state index contributed by atoms with van der Waals surface area (Å²) in [6, 6.07) is 8.11. The van der Waals surface area contributed by atoms with Crippen molar-refractivity contribution in [1.29, 1.82) is 0 Å². The molecule has 0 saturated carbocycles. The molecule has 1 N–H and O–H groups in total. The highest BCUT2D eigenvalue weighted by Gasteiger charge is 2.23. The number of aryl methyl sites for hydroxylation is 1. The zero-order chi connectivity index (χ0) is 11.5. The second kappa shape index (κ2) is 4.66. The van der Waals surface area contributed by atoms with Crippen LogP contribution >= 0.6 is 0 Å². The first kappa shape index (κ1) is 11.1. The van der Waals surface area contributed by atoms with E-state index in [1.165, 1.54) is 0 Å². The maximum atomic E-state index is 12.2. The minimum atomic E-state index is 0.123. The molecule has 86 valence electrons. The molecule has 0 bridgehead atoms. The van der Waals surface area contributed by atoms with Crippen LogP contribution in [0.3, 0.4) is 0 Å². The summed E-state index contributed by atoms with van der Waals surface area (Å²) in [5.41, 5.74) is 1.91. The SMILES string of the molecule is Cc1cccc(C(=O)N(C)C2CCNC2)c1. The maximum Gasteiger partial charge on any atom is 0.253 e. The zero-order valence-electron chi connectivity index (χ0n) is 9.86. The topological polar surface area (TPSA) is 32.3 Å². The molecule has 3 heteroatoms. The summed E-state index contributed by atoms with van der Waals surface area (Å²) in [5.74, 6) is 0.123. The van der Waals surface area contributed by atoms with Gasteiger partial charge < -0.3 is 10.2 Å². The van der Waals surface area contributed by atoms with E-state index in [1.54, 1.807) is 0 Å². The predicted molar refractivity (Wildman–Crippen MR) is 64.5 cm³/mol. The quantitative estimate of drug-likeness (QED) is 0.814. The van der Waals surface area contributed by atoms with Gasteiger partial charge in [0.1, 0.15) is 0 Å². The molecule has 16 heavy (non-hydrogen) atoms. The van der Waals surface area contributed by atoms with Gasteiger partial charge in [0.15, 0.2) is 0 Å². The molecule has 1 heterocycles. The molecule has 1 aliphatic rings. The fourth-order valence-electron chi connectivity index (χ4n) is 2.12. The number of hydrogen-bond acceptors (Lipinski definition) is 2. The van der Waals surface area contributed by atoms with Crippen LogP contribution < -0.4 is 5.32 Å². The molecule has 1 aromatic rings. The van der Waals surface area contributed by atoms with Crippen molar-refractivity contribution >= 4 is 5.91 Å². The Morgan fingerprint density at radius 2 is 2.31 bits per heavy atom. The lowest BCUT2D eigenvalue weighted by Crippen LogP contribution is -2.38. The second-order valence-corrected chi connectivity index (χ2v) is 4.43. The summed E-state index contributed by atoms with van der Waals surface area (Å²) in [7, 11) is 1.89. The number of likely N-dealkylation sites (N-methyl/N-ethyl adjacent to an activating group) is 1. The van der Waals surface area contributed by atoms with Crippen LogP contribution in [-0.4, -0.2) is 37.0 Å². The minimum absolute atomic E-state index is 0.123. The van der Waals surface area contributed by atoms with Gasteiger partial charge in [0.2, 0.25) is 0 Å². The van der Waals surface area contributed by atoms with Gasteiger partial charge in [0, 0.05) is 25.2 Å². The molecular weight excluding hydrogens is 200 g/mol. The monoisotopic (exact) mass is 218 g/mol. The number of amides is 1. The van der Waals surface area contributed by atoms with E-state index in [2.05, 4.69) is 5.32 Å². The summed E-state index contributed by atoms with van der Waals surface area (Å²) in [6.07, 6.45) is 1.05. The zero-order valence-corrected chi connectivity index (χ0v) is 9.86. The predicted octanol–water partition coefficient (Wildman–Crippen LogP) is 1.43. The maximum absolute atomic E-state index is 12.2. The molecule has 0 aromatic heterocycles. The molecule has 1 fully saturated rings. The minimum Gasteiger partial charge on any atom is -0.337 e. The van der Waals surface area contributed by atoms with Crippen LogP contribution in [0.2, 0.25) is 0 Å². The fourth-order valence-corrected chi connectivity index (χ4v) is 2.12. The van der Waals surface area contributed by atoms with E-state index in [1.807, 2.05) is 43.1 Å². The Hall–Kier alpha value is -1.35. The third kappa shape index (κ3) is 2.25. The van der Waals surface area contributed by atoms with Gasteiger partial charge in [-0.15, -0.1) is 0 Å². The Kier molecular flexibility index (Phi) is 3.25. The number of benzene rings is 1. The van der Waals surface area contributed by atoms with Crippen molar-refractivity contribution in [2.45, 2.75) is 19.4 Å². The van der Waals surface area contributed by atoms with Crippen LogP contribution in [0.4, 0.5) is 0 Å². The normalized spacial score (nSPS) is 19.8. The van der Waals surface area contributed by atoms with Crippen LogP contribution in [0.15, 0.2) is 24.3 Å². The third-order valence-corrected chi connectivity index (χ3v) is 3.17. The standard InChI is InChI=1S/C13H18N2O/c1-10-4-3-5-11(8-10)13(16)15(2)12-6-7-14-9-12/h3-5,8,12,14H,6-7,9H2,1-2H3. The lowest BCUT2D eigenvalue weighted by molar-refractivity contribution is 0.0743. The summed E-state index contributed by atoms with van der Waals surface area (Å²) in [6.45, 7) is 3.93. The van der Waals surface area contributed by atoms with Crippen molar-refractivity contribution in [2.24, 2.45) is 0 Å². The van der Waals surface area contributed by atoms with Gasteiger partial charge in [-0.1, -0.05) is 17.7 Å². The van der Waals surface area contributed by atoms with Gasteiger partial charge in [0.25, 0.3) is 5.91 Å². The third-order valence-electron chi connectivity index (χ3n) is 3.17. The van der Waals surface area contributed by atoms with Crippen molar-refractivity contribution in [3.05, 3.63) is 35.4 Å². The van der Waals surface area contributed by atoms with Crippen molar-refractivity contribution in [3.8, 4) is 0 Å². The number of rotatable bonds is 2. The number of nitrogens with zero attached hydrogens (tertiary/aromatic N) is 1. The number of nitrogens with one attached hydrogen (secondary N) is 1. The van der Waals surface area contributed by atoms with Crippen LogP contribution in [0.25, 0.3) is 0 Å². The number of carbonyl (C=O) groups excluding carboxylic acids is 1. The summed E-state index contributed by atoms with van der Waals surface area (Å²) < 4.78 is 0. The van der Waals surface area contributed by atoms with E-state index >= 15 is 0 Å². The molecule has 1 aromatic carbocycles. The molecule has 2 rings (SSSR count). The Labute approximate surface area is 96.5 Å². The molecule has 0 radical (unpaired) electrons. The van der Waals surface area contributed by atoms with Crippen LogP contribution in [0.5, 0.6) is 0 Å². The molecular formula is C13H18N2O. The van der Waals surface area contributed by atoms with E-state index in [-0.39, 0.29) is 5.91 Å². The largest absolute Gasteiger partial charge is 0.337 e. The highest BCUT2D eigenvalue weighted by Crippen LogP contribution is 2.12. The molecule has 1 atom stereocenters. The lowest BCUT2D eigenvalue weighted by atomic mass is 10.1. The first-order valence-electron chi connectivity index (χ1n) is 5.73. The van der Waals surface area contributed by atoms with Gasteiger partial charge in [-0.05, 0) is 32.0 Å². The van der Waals surface area contributed by atoms with Crippen molar-refractivity contribution < 1.29 is 4.79 Å².